The molecule has 2 aromatic rings. The second-order valence-corrected chi connectivity index (χ2v) is 4.52. The highest BCUT2D eigenvalue weighted by Crippen LogP contribution is 2.13. The van der Waals surface area contributed by atoms with Crippen LogP contribution in [0, 0.1) is 6.92 Å². The number of hydrogen-bond donors (Lipinski definition) is 1. The Morgan fingerprint density at radius 3 is 2.83 bits per heavy atom. The number of nitrogens with zero attached hydrogens (tertiary/aromatic N) is 3. The van der Waals surface area contributed by atoms with Crippen LogP contribution in [0.5, 0.6) is 0 Å². The lowest BCUT2D eigenvalue weighted by Crippen LogP contribution is -2.25. The highest BCUT2D eigenvalue weighted by atomic mass is 15.1. The van der Waals surface area contributed by atoms with E-state index < -0.39 is 0 Å². The van der Waals surface area contributed by atoms with E-state index in [0.29, 0.717) is 6.04 Å². The molecule has 4 nitrogen and oxygen atoms in total. The molecule has 0 spiro atoms. The van der Waals surface area contributed by atoms with E-state index in [1.54, 1.807) is 6.20 Å². The minimum absolute atomic E-state index is 0.516. The summed E-state index contributed by atoms with van der Waals surface area (Å²) in [5, 5.41) is 3.50. The summed E-state index contributed by atoms with van der Waals surface area (Å²) in [6.45, 7) is 7.19. The number of rotatable bonds is 5. The van der Waals surface area contributed by atoms with Crippen molar-refractivity contribution in [2.45, 2.75) is 39.8 Å². The molecule has 0 radical (unpaired) electrons. The number of imidazole rings is 1. The molecule has 0 saturated carbocycles. The molecule has 2 heterocycles. The second kappa shape index (κ2) is 5.78. The second-order valence-electron chi connectivity index (χ2n) is 4.52. The molecule has 1 N–H and O–H groups in total. The maximum Gasteiger partial charge on any atom is 0.142 e. The van der Waals surface area contributed by atoms with Gasteiger partial charge in [-0.25, -0.2) is 9.97 Å². The van der Waals surface area contributed by atoms with E-state index in [2.05, 4.69) is 35.2 Å². The minimum Gasteiger partial charge on any atom is -0.310 e. The van der Waals surface area contributed by atoms with Crippen LogP contribution in [-0.4, -0.2) is 20.6 Å². The molecule has 2 rings (SSSR count). The fourth-order valence-corrected chi connectivity index (χ4v) is 1.82. The van der Waals surface area contributed by atoms with Gasteiger partial charge in [0.25, 0.3) is 0 Å². The lowest BCUT2D eigenvalue weighted by Gasteiger charge is -2.14. The normalized spacial score (nSPS) is 12.6. The van der Waals surface area contributed by atoms with E-state index >= 15 is 0 Å². The third-order valence-electron chi connectivity index (χ3n) is 3.17. The van der Waals surface area contributed by atoms with Gasteiger partial charge in [0.1, 0.15) is 11.6 Å². The Kier molecular flexibility index (Phi) is 4.10. The lowest BCUT2D eigenvalue weighted by atomic mass is 10.2. The van der Waals surface area contributed by atoms with Gasteiger partial charge in [-0.3, -0.25) is 4.57 Å². The number of pyridine rings is 1. The van der Waals surface area contributed by atoms with Crippen molar-refractivity contribution in [1.29, 1.82) is 0 Å². The average Bonchev–Trinajstić information content (AvgIpc) is 2.82. The van der Waals surface area contributed by atoms with E-state index in [1.165, 1.54) is 5.56 Å². The van der Waals surface area contributed by atoms with E-state index in [1.807, 2.05) is 30.0 Å². The van der Waals surface area contributed by atoms with Gasteiger partial charge < -0.3 is 5.32 Å². The molecule has 0 aromatic carbocycles. The molecule has 2 aromatic heterocycles. The van der Waals surface area contributed by atoms with Crippen LogP contribution in [0.1, 0.15) is 31.7 Å². The first-order valence-corrected chi connectivity index (χ1v) is 6.40. The Bertz CT molecular complexity index is 504. The van der Waals surface area contributed by atoms with E-state index in [-0.39, 0.29) is 0 Å². The summed E-state index contributed by atoms with van der Waals surface area (Å²) in [6.07, 6.45) is 6.70. The molecule has 96 valence electrons. The van der Waals surface area contributed by atoms with Crippen LogP contribution >= 0.6 is 0 Å². The Morgan fingerprint density at radius 1 is 1.33 bits per heavy atom. The maximum atomic E-state index is 4.47. The van der Waals surface area contributed by atoms with Crippen LogP contribution < -0.4 is 5.32 Å². The predicted octanol–water partition coefficient (Wildman–Crippen LogP) is 2.46. The summed E-state index contributed by atoms with van der Waals surface area (Å²) in [4.78, 5) is 8.72. The van der Waals surface area contributed by atoms with Crippen LogP contribution in [0.2, 0.25) is 0 Å². The molecule has 0 aliphatic carbocycles. The summed E-state index contributed by atoms with van der Waals surface area (Å²) in [5.74, 6) is 1.92. The highest BCUT2D eigenvalue weighted by Gasteiger charge is 2.08. The van der Waals surface area contributed by atoms with E-state index in [0.717, 1.165) is 24.6 Å². The lowest BCUT2D eigenvalue weighted by molar-refractivity contribution is 0.532. The van der Waals surface area contributed by atoms with Gasteiger partial charge in [-0.2, -0.15) is 0 Å². The summed E-state index contributed by atoms with van der Waals surface area (Å²) in [5.41, 5.74) is 1.19. The monoisotopic (exact) mass is 244 g/mol. The molecule has 4 heteroatoms. The molecule has 0 saturated heterocycles. The van der Waals surface area contributed by atoms with E-state index in [9.17, 15) is 0 Å². The van der Waals surface area contributed by atoms with Crippen LogP contribution in [0.4, 0.5) is 0 Å². The topological polar surface area (TPSA) is 42.7 Å². The van der Waals surface area contributed by atoms with Gasteiger partial charge in [0.2, 0.25) is 0 Å². The van der Waals surface area contributed by atoms with Gasteiger partial charge in [0.15, 0.2) is 0 Å². The van der Waals surface area contributed by atoms with Crippen molar-refractivity contribution in [3.8, 4) is 5.82 Å². The zero-order chi connectivity index (χ0) is 13.0. The molecule has 1 unspecified atom stereocenters. The Hall–Kier alpha value is -1.68. The number of aromatic nitrogens is 3. The quantitative estimate of drug-likeness (QED) is 0.878. The Morgan fingerprint density at radius 2 is 2.17 bits per heavy atom. The van der Waals surface area contributed by atoms with Crippen molar-refractivity contribution in [3.63, 3.8) is 0 Å². The summed E-state index contributed by atoms with van der Waals surface area (Å²) < 4.78 is 2.02. The van der Waals surface area contributed by atoms with Gasteiger partial charge in [0.05, 0.1) is 0 Å². The summed E-state index contributed by atoms with van der Waals surface area (Å²) >= 11 is 0. The molecule has 18 heavy (non-hydrogen) atoms. The Labute approximate surface area is 108 Å². The molecule has 0 fully saturated rings. The van der Waals surface area contributed by atoms with Crippen molar-refractivity contribution in [2.75, 3.05) is 0 Å². The van der Waals surface area contributed by atoms with Crippen LogP contribution in [-0.2, 0) is 6.54 Å². The first kappa shape index (κ1) is 12.8. The molecule has 0 aliphatic rings. The standard InChI is InChI=1S/C14H20N4/c1-4-11(2)17-10-13-6-5-7-16-14(13)18-9-8-15-12(18)3/h5-9,11,17H,4,10H2,1-3H3. The van der Waals surface area contributed by atoms with Crippen molar-refractivity contribution >= 4 is 0 Å². The molecule has 0 amide bonds. The van der Waals surface area contributed by atoms with Gasteiger partial charge in [0, 0.05) is 36.7 Å². The summed E-state index contributed by atoms with van der Waals surface area (Å²) in [6, 6.07) is 4.60. The fourth-order valence-electron chi connectivity index (χ4n) is 1.82. The number of aryl methyl sites for hydroxylation is 1. The SMILES string of the molecule is CCC(C)NCc1cccnc1-n1ccnc1C. The van der Waals surface area contributed by atoms with Crippen LogP contribution in [0.15, 0.2) is 30.7 Å². The van der Waals surface area contributed by atoms with Crippen molar-refractivity contribution in [3.05, 3.63) is 42.1 Å². The minimum atomic E-state index is 0.516. The zero-order valence-corrected chi connectivity index (χ0v) is 11.2. The summed E-state index contributed by atoms with van der Waals surface area (Å²) in [7, 11) is 0. The van der Waals surface area contributed by atoms with E-state index in [4.69, 9.17) is 0 Å². The first-order chi connectivity index (χ1) is 8.72. The molecular formula is C14H20N4. The average molecular weight is 244 g/mol. The molecule has 1 atom stereocenters. The van der Waals surface area contributed by atoms with Crippen LogP contribution in [0.3, 0.4) is 0 Å². The molecule has 0 aliphatic heterocycles. The first-order valence-electron chi connectivity index (χ1n) is 6.40. The Balaban J connectivity index is 2.24. The predicted molar refractivity (Wildman–Crippen MR) is 72.7 cm³/mol. The number of nitrogens with one attached hydrogen (secondary N) is 1. The van der Waals surface area contributed by atoms with Crippen molar-refractivity contribution < 1.29 is 0 Å². The maximum absolute atomic E-state index is 4.47. The van der Waals surface area contributed by atoms with Gasteiger partial charge >= 0.3 is 0 Å². The van der Waals surface area contributed by atoms with Gasteiger partial charge in [-0.1, -0.05) is 13.0 Å². The fraction of sp³-hybridized carbons (Fsp3) is 0.429. The smallest absolute Gasteiger partial charge is 0.142 e. The van der Waals surface area contributed by atoms with Crippen molar-refractivity contribution in [1.82, 2.24) is 19.9 Å². The zero-order valence-electron chi connectivity index (χ0n) is 11.2. The molecular weight excluding hydrogens is 224 g/mol. The molecule has 0 bridgehead atoms. The largest absolute Gasteiger partial charge is 0.310 e. The van der Waals surface area contributed by atoms with Gasteiger partial charge in [-0.05, 0) is 26.3 Å². The third kappa shape index (κ3) is 2.76. The third-order valence-corrected chi connectivity index (χ3v) is 3.17. The highest BCUT2D eigenvalue weighted by molar-refractivity contribution is 5.34. The number of hydrogen-bond acceptors (Lipinski definition) is 3. The van der Waals surface area contributed by atoms with Crippen LogP contribution in [0.25, 0.3) is 5.82 Å². The van der Waals surface area contributed by atoms with Gasteiger partial charge in [-0.15, -0.1) is 0 Å². The van der Waals surface area contributed by atoms with Crippen molar-refractivity contribution in [2.24, 2.45) is 0 Å².